The van der Waals surface area contributed by atoms with Crippen molar-refractivity contribution in [1.29, 1.82) is 0 Å². The molecule has 5 heteroatoms. The molecule has 0 nitrogen and oxygen atoms in total. The molecular formula is C38H40Cl2P2Ti. The molecule has 0 amide bonds. The molecule has 0 saturated heterocycles. The Morgan fingerprint density at radius 3 is 1.30 bits per heavy atom. The zero-order valence-corrected chi connectivity index (χ0v) is 30.3. The minimum absolute atomic E-state index is 0. The molecule has 0 aromatic heterocycles. The van der Waals surface area contributed by atoms with Crippen molar-refractivity contribution in [3.05, 3.63) is 133 Å². The first kappa shape index (κ1) is 37.4. The van der Waals surface area contributed by atoms with E-state index in [-0.39, 0.29) is 54.5 Å². The molecule has 6 aromatic rings. The van der Waals surface area contributed by atoms with Crippen molar-refractivity contribution < 1.29 is 46.5 Å². The monoisotopic (exact) mass is 676 g/mol. The molecule has 220 valence electrons. The van der Waals surface area contributed by atoms with Gasteiger partial charge < -0.3 is 24.8 Å². The third-order valence-electron chi connectivity index (χ3n) is 7.03. The summed E-state index contributed by atoms with van der Waals surface area (Å²) >= 11 is 0. The minimum Gasteiger partial charge on any atom is -1.00 e. The second kappa shape index (κ2) is 18.3. The summed E-state index contributed by atoms with van der Waals surface area (Å²) in [6, 6.07) is 48.6. The molecule has 0 saturated carbocycles. The van der Waals surface area contributed by atoms with Crippen LogP contribution in [0.2, 0.25) is 0 Å². The molecule has 43 heavy (non-hydrogen) atoms. The summed E-state index contributed by atoms with van der Waals surface area (Å²) in [4.78, 5) is 0. The smallest absolute Gasteiger partial charge is 1.00 e. The van der Waals surface area contributed by atoms with Gasteiger partial charge in [0.15, 0.2) is 0 Å². The van der Waals surface area contributed by atoms with Crippen molar-refractivity contribution >= 4 is 58.6 Å². The van der Waals surface area contributed by atoms with Gasteiger partial charge in [0.2, 0.25) is 0 Å². The van der Waals surface area contributed by atoms with Crippen LogP contribution in [0.25, 0.3) is 21.5 Å². The average molecular weight is 677 g/mol. The van der Waals surface area contributed by atoms with Crippen LogP contribution in [-0.4, -0.2) is 12.3 Å². The van der Waals surface area contributed by atoms with Gasteiger partial charge in [0.25, 0.3) is 0 Å². The molecule has 6 aromatic carbocycles. The molecule has 0 heterocycles. The van der Waals surface area contributed by atoms with Gasteiger partial charge in [-0.2, -0.15) is 12.1 Å². The SMILES string of the molecule is CC(C)CP(CC(C)C)c1cc2ccccc2[cH-]1.[Cl-].[Cl-].[Ti+4].c1ccc(P(c2ccccc2)c2cc3ccccc3[cH-]2)cc1. The number of fused-ring (bicyclic) bond motifs is 2. The molecule has 6 rings (SSSR count). The van der Waals surface area contributed by atoms with E-state index in [9.17, 15) is 0 Å². The maximum atomic E-state index is 2.42. The third kappa shape index (κ3) is 10.1. The normalized spacial score (nSPS) is 10.8. The van der Waals surface area contributed by atoms with E-state index >= 15 is 0 Å². The summed E-state index contributed by atoms with van der Waals surface area (Å²) < 4.78 is 0. The van der Waals surface area contributed by atoms with E-state index in [0.717, 1.165) is 11.8 Å². The summed E-state index contributed by atoms with van der Waals surface area (Å²) in [6.45, 7) is 9.38. The van der Waals surface area contributed by atoms with E-state index in [4.69, 9.17) is 0 Å². The Morgan fingerprint density at radius 2 is 0.884 bits per heavy atom. The maximum absolute atomic E-state index is 2.42. The van der Waals surface area contributed by atoms with Crippen LogP contribution in [0, 0.1) is 11.8 Å². The number of hydrogen-bond acceptors (Lipinski definition) is 0. The Labute approximate surface area is 288 Å². The van der Waals surface area contributed by atoms with Crippen LogP contribution in [0.4, 0.5) is 0 Å². The Kier molecular flexibility index (Phi) is 15.9. The molecular weight excluding hydrogens is 637 g/mol. The van der Waals surface area contributed by atoms with Crippen molar-refractivity contribution in [3.8, 4) is 0 Å². The van der Waals surface area contributed by atoms with E-state index in [2.05, 4.69) is 161 Å². The zero-order valence-electron chi connectivity index (χ0n) is 25.4. The second-order valence-corrected chi connectivity index (χ2v) is 15.9. The molecule has 0 spiro atoms. The van der Waals surface area contributed by atoms with Gasteiger partial charge in [-0.25, -0.2) is 0 Å². The van der Waals surface area contributed by atoms with Crippen LogP contribution in [0.15, 0.2) is 133 Å². The quantitative estimate of drug-likeness (QED) is 0.132. The summed E-state index contributed by atoms with van der Waals surface area (Å²) in [7, 11) is -0.474. The van der Waals surface area contributed by atoms with Crippen LogP contribution in [-0.2, 0) is 21.7 Å². The molecule has 0 bridgehead atoms. The topological polar surface area (TPSA) is 0 Å². The molecule has 0 radical (unpaired) electrons. The minimum atomic E-state index is -0.493. The average Bonchev–Trinajstić information content (AvgIpc) is 3.58. The first-order valence-corrected chi connectivity index (χ1v) is 17.5. The van der Waals surface area contributed by atoms with Gasteiger partial charge in [-0.3, -0.25) is 0 Å². The first-order valence-electron chi connectivity index (χ1n) is 14.4. The second-order valence-electron chi connectivity index (χ2n) is 11.4. The van der Waals surface area contributed by atoms with Gasteiger partial charge in [-0.1, -0.05) is 108 Å². The van der Waals surface area contributed by atoms with E-state index in [1.54, 1.807) is 5.30 Å². The Morgan fingerprint density at radius 1 is 0.512 bits per heavy atom. The third-order valence-corrected chi connectivity index (χ3v) is 12.8. The van der Waals surface area contributed by atoms with Gasteiger partial charge in [0.05, 0.1) is 0 Å². The van der Waals surface area contributed by atoms with Crippen LogP contribution in [0.1, 0.15) is 27.7 Å². The maximum Gasteiger partial charge on any atom is 4.00 e. The largest absolute Gasteiger partial charge is 4.00 e. The summed E-state index contributed by atoms with van der Waals surface area (Å²) in [5.41, 5.74) is 0. The fraction of sp³-hybridized carbons (Fsp3) is 0.211. The molecule has 0 N–H and O–H groups in total. The Balaban J connectivity index is 0.000000286. The molecule has 0 unspecified atom stereocenters. The molecule has 0 atom stereocenters. The molecule has 0 aliphatic rings. The number of rotatable bonds is 8. The standard InChI is InChI=1S/C21H16P.C17H24P.2ClH.Ti/c1-3-11-19(12-4-1)22(20-13-5-2-6-14-20)21-15-17-9-7-8-10-18(17)16-21;1-13(2)11-18(12-14(3)4)17-9-15-7-5-6-8-16(15)10-17;;;/h1-16H;5-10,13-14H,11-12H2,1-4H3;2*1H;/q2*-1;;;+4/p-2. The fourth-order valence-electron chi connectivity index (χ4n) is 5.35. The van der Waals surface area contributed by atoms with Crippen molar-refractivity contribution in [3.63, 3.8) is 0 Å². The van der Waals surface area contributed by atoms with E-state index in [1.165, 1.54) is 49.8 Å². The van der Waals surface area contributed by atoms with Crippen LogP contribution < -0.4 is 46.0 Å². The summed E-state index contributed by atoms with van der Waals surface area (Å²) in [5.74, 6) is 1.60. The van der Waals surface area contributed by atoms with E-state index in [0.29, 0.717) is 0 Å². The summed E-state index contributed by atoms with van der Waals surface area (Å²) in [5, 5.41) is 11.3. The summed E-state index contributed by atoms with van der Waals surface area (Å²) in [6.07, 6.45) is 2.73. The van der Waals surface area contributed by atoms with Crippen molar-refractivity contribution in [2.75, 3.05) is 12.3 Å². The fourth-order valence-corrected chi connectivity index (χ4v) is 10.7. The van der Waals surface area contributed by atoms with Crippen molar-refractivity contribution in [2.24, 2.45) is 11.8 Å². The predicted octanol–water partition coefficient (Wildman–Crippen LogP) is 3.30. The van der Waals surface area contributed by atoms with Crippen LogP contribution >= 0.6 is 15.8 Å². The Bertz CT molecular complexity index is 1510. The van der Waals surface area contributed by atoms with Crippen molar-refractivity contribution in [2.45, 2.75) is 27.7 Å². The van der Waals surface area contributed by atoms with Crippen LogP contribution in [0.5, 0.6) is 0 Å². The Hall–Kier alpha value is -1.75. The predicted molar refractivity (Wildman–Crippen MR) is 184 cm³/mol. The molecule has 0 fully saturated rings. The van der Waals surface area contributed by atoms with Crippen LogP contribution in [0.3, 0.4) is 0 Å². The first-order chi connectivity index (χ1) is 19.5. The van der Waals surface area contributed by atoms with Gasteiger partial charge in [0.1, 0.15) is 0 Å². The number of hydrogen-bond donors (Lipinski definition) is 0. The molecule has 0 aliphatic heterocycles. The number of halogens is 2. The van der Waals surface area contributed by atoms with Crippen molar-refractivity contribution in [1.82, 2.24) is 0 Å². The number of benzene rings is 4. The zero-order chi connectivity index (χ0) is 27.9. The van der Waals surface area contributed by atoms with Gasteiger partial charge >= 0.3 is 21.7 Å². The van der Waals surface area contributed by atoms with Gasteiger partial charge in [-0.15, -0.1) is 80.7 Å². The van der Waals surface area contributed by atoms with Gasteiger partial charge in [0, 0.05) is 0 Å². The van der Waals surface area contributed by atoms with Gasteiger partial charge in [-0.05, 0) is 42.7 Å². The van der Waals surface area contributed by atoms with E-state index < -0.39 is 7.92 Å². The molecule has 0 aliphatic carbocycles. The van der Waals surface area contributed by atoms with E-state index in [1.807, 2.05) is 0 Å².